The van der Waals surface area contributed by atoms with Gasteiger partial charge >= 0.3 is 0 Å². The van der Waals surface area contributed by atoms with Crippen molar-refractivity contribution in [2.75, 3.05) is 13.6 Å². The van der Waals surface area contributed by atoms with Crippen molar-refractivity contribution in [2.45, 2.75) is 26.8 Å². The van der Waals surface area contributed by atoms with Crippen molar-refractivity contribution >= 4 is 5.91 Å². The fraction of sp³-hybridized carbons (Fsp3) is 0.500. The first kappa shape index (κ1) is 15.6. The van der Waals surface area contributed by atoms with Crippen molar-refractivity contribution in [3.05, 3.63) is 35.4 Å². The fourth-order valence-electron chi connectivity index (χ4n) is 1.78. The molecule has 19 heavy (non-hydrogen) atoms. The first-order chi connectivity index (χ1) is 8.77. The van der Waals surface area contributed by atoms with Crippen LogP contribution in [0.2, 0.25) is 0 Å². The van der Waals surface area contributed by atoms with Crippen LogP contribution in [0.15, 0.2) is 18.2 Å². The Bertz CT molecular complexity index is 461. The van der Waals surface area contributed by atoms with Gasteiger partial charge in [-0.2, -0.15) is 0 Å². The zero-order valence-electron chi connectivity index (χ0n) is 11.7. The quantitative estimate of drug-likeness (QED) is 0.862. The van der Waals surface area contributed by atoms with E-state index in [9.17, 15) is 13.6 Å². The predicted molar refractivity (Wildman–Crippen MR) is 70.6 cm³/mol. The zero-order valence-corrected chi connectivity index (χ0v) is 11.7. The monoisotopic (exact) mass is 270 g/mol. The van der Waals surface area contributed by atoms with Gasteiger partial charge in [0.05, 0.1) is 5.41 Å². The second kappa shape index (κ2) is 6.10. The van der Waals surface area contributed by atoms with E-state index in [1.54, 1.807) is 27.8 Å². The molecule has 0 aliphatic carbocycles. The normalized spacial score (nSPS) is 13.2. The topological polar surface area (TPSA) is 41.1 Å². The van der Waals surface area contributed by atoms with Crippen LogP contribution in [0.3, 0.4) is 0 Å². The highest BCUT2D eigenvalue weighted by Gasteiger charge is 2.27. The molecule has 1 atom stereocenters. The van der Waals surface area contributed by atoms with Crippen LogP contribution in [0.1, 0.15) is 32.4 Å². The lowest BCUT2D eigenvalue weighted by molar-refractivity contribution is -0.128. The average Bonchev–Trinajstić information content (AvgIpc) is 2.37. The van der Waals surface area contributed by atoms with E-state index in [2.05, 4.69) is 10.6 Å². The summed E-state index contributed by atoms with van der Waals surface area (Å²) >= 11 is 0. The zero-order chi connectivity index (χ0) is 14.6. The molecule has 0 aliphatic rings. The van der Waals surface area contributed by atoms with E-state index in [0.29, 0.717) is 6.54 Å². The summed E-state index contributed by atoms with van der Waals surface area (Å²) in [5, 5.41) is 5.63. The minimum Gasteiger partial charge on any atom is -0.359 e. The Labute approximate surface area is 112 Å². The number of nitrogens with one attached hydrogen (secondary N) is 2. The Morgan fingerprint density at radius 3 is 2.58 bits per heavy atom. The molecule has 0 heterocycles. The van der Waals surface area contributed by atoms with Gasteiger partial charge in [0.2, 0.25) is 5.91 Å². The van der Waals surface area contributed by atoms with E-state index in [4.69, 9.17) is 0 Å². The summed E-state index contributed by atoms with van der Waals surface area (Å²) in [5.41, 5.74) is -0.361. The lowest BCUT2D eigenvalue weighted by atomic mass is 9.91. The van der Waals surface area contributed by atoms with Crippen molar-refractivity contribution in [2.24, 2.45) is 5.41 Å². The Balaban J connectivity index is 2.73. The van der Waals surface area contributed by atoms with Gasteiger partial charge in [0.25, 0.3) is 0 Å². The van der Waals surface area contributed by atoms with Crippen LogP contribution in [0.25, 0.3) is 0 Å². The molecular weight excluding hydrogens is 250 g/mol. The van der Waals surface area contributed by atoms with Crippen molar-refractivity contribution in [3.8, 4) is 0 Å². The number of hydrogen-bond acceptors (Lipinski definition) is 2. The molecule has 0 aliphatic heterocycles. The van der Waals surface area contributed by atoms with Crippen LogP contribution < -0.4 is 10.6 Å². The Morgan fingerprint density at radius 2 is 2.00 bits per heavy atom. The highest BCUT2D eigenvalue weighted by Crippen LogP contribution is 2.20. The molecule has 0 fully saturated rings. The van der Waals surface area contributed by atoms with Crippen LogP contribution in [-0.4, -0.2) is 19.5 Å². The number of halogens is 2. The highest BCUT2D eigenvalue weighted by atomic mass is 19.1. The number of amides is 1. The Kier molecular flexibility index (Phi) is 5.00. The van der Waals surface area contributed by atoms with E-state index in [1.807, 2.05) is 0 Å². The number of rotatable bonds is 5. The van der Waals surface area contributed by atoms with E-state index in [1.165, 1.54) is 6.07 Å². The lowest BCUT2D eigenvalue weighted by Crippen LogP contribution is -2.42. The van der Waals surface area contributed by atoms with Crippen molar-refractivity contribution < 1.29 is 13.6 Å². The molecular formula is C14H20F2N2O. The number of hydrogen-bond donors (Lipinski definition) is 2. The van der Waals surface area contributed by atoms with Crippen LogP contribution in [0.5, 0.6) is 0 Å². The van der Waals surface area contributed by atoms with E-state index in [-0.39, 0.29) is 17.5 Å². The summed E-state index contributed by atoms with van der Waals surface area (Å²) in [5.74, 6) is -1.04. The summed E-state index contributed by atoms with van der Waals surface area (Å²) in [6, 6.07) is 2.98. The predicted octanol–water partition coefficient (Wildman–Crippen LogP) is 2.39. The van der Waals surface area contributed by atoms with Crippen molar-refractivity contribution in [1.82, 2.24) is 10.6 Å². The van der Waals surface area contributed by atoms with Gasteiger partial charge in [-0.25, -0.2) is 8.78 Å². The minimum atomic E-state index is -0.618. The smallest absolute Gasteiger partial charge is 0.226 e. The fourth-order valence-corrected chi connectivity index (χ4v) is 1.78. The second-order valence-electron chi connectivity index (χ2n) is 5.23. The number of benzene rings is 1. The molecule has 5 heteroatoms. The summed E-state index contributed by atoms with van der Waals surface area (Å²) in [6.07, 6.45) is 0. The molecule has 0 radical (unpaired) electrons. The maximum Gasteiger partial charge on any atom is 0.226 e. The molecule has 0 bridgehead atoms. The number of carbonyl (C=O) groups excluding carboxylic acids is 1. The first-order valence-electron chi connectivity index (χ1n) is 6.18. The van der Waals surface area contributed by atoms with E-state index >= 15 is 0 Å². The summed E-state index contributed by atoms with van der Waals surface area (Å²) in [4.78, 5) is 11.6. The lowest BCUT2D eigenvalue weighted by Gasteiger charge is -2.25. The van der Waals surface area contributed by atoms with E-state index < -0.39 is 17.0 Å². The van der Waals surface area contributed by atoms with Crippen LogP contribution in [-0.2, 0) is 4.79 Å². The van der Waals surface area contributed by atoms with Gasteiger partial charge in [0.1, 0.15) is 11.6 Å². The molecule has 0 spiro atoms. The van der Waals surface area contributed by atoms with Crippen molar-refractivity contribution in [3.63, 3.8) is 0 Å². The highest BCUT2D eigenvalue weighted by molar-refractivity contribution is 5.81. The molecule has 1 unspecified atom stereocenters. The average molecular weight is 270 g/mol. The third kappa shape index (κ3) is 3.99. The largest absolute Gasteiger partial charge is 0.359 e. The molecule has 106 valence electrons. The van der Waals surface area contributed by atoms with Gasteiger partial charge in [0, 0.05) is 25.2 Å². The van der Waals surface area contributed by atoms with Crippen LogP contribution in [0.4, 0.5) is 8.78 Å². The molecule has 1 amide bonds. The molecule has 1 aromatic carbocycles. The minimum absolute atomic E-state index is 0.105. The number of carbonyl (C=O) groups is 1. The van der Waals surface area contributed by atoms with E-state index in [0.717, 1.165) is 12.1 Å². The molecule has 1 rings (SSSR count). The Hall–Kier alpha value is -1.49. The molecule has 0 saturated heterocycles. The van der Waals surface area contributed by atoms with Gasteiger partial charge < -0.3 is 10.6 Å². The molecule has 3 nitrogen and oxygen atoms in total. The van der Waals surface area contributed by atoms with Crippen molar-refractivity contribution in [1.29, 1.82) is 0 Å². The summed E-state index contributed by atoms with van der Waals surface area (Å²) < 4.78 is 26.7. The third-order valence-corrected chi connectivity index (χ3v) is 3.12. The SMILES string of the molecule is CNC(=O)C(C)(C)CNC(C)c1cc(F)ccc1F. The maximum absolute atomic E-state index is 13.6. The summed E-state index contributed by atoms with van der Waals surface area (Å²) in [6.45, 7) is 5.67. The maximum atomic E-state index is 13.6. The van der Waals surface area contributed by atoms with Gasteiger partial charge in [-0.1, -0.05) is 0 Å². The molecule has 0 aromatic heterocycles. The standard InChI is InChI=1S/C14H20F2N2O/c1-9(11-7-10(15)5-6-12(11)16)18-8-14(2,3)13(19)17-4/h5-7,9,18H,8H2,1-4H3,(H,17,19). The first-order valence-corrected chi connectivity index (χ1v) is 6.18. The van der Waals surface area contributed by atoms with Gasteiger partial charge in [-0.15, -0.1) is 0 Å². The third-order valence-electron chi connectivity index (χ3n) is 3.12. The van der Waals surface area contributed by atoms with Crippen LogP contribution in [0, 0.1) is 17.0 Å². The molecule has 0 saturated carbocycles. The second-order valence-corrected chi connectivity index (χ2v) is 5.23. The van der Waals surface area contributed by atoms with Gasteiger partial charge in [-0.05, 0) is 39.0 Å². The molecule has 1 aromatic rings. The van der Waals surface area contributed by atoms with Crippen LogP contribution >= 0.6 is 0 Å². The van der Waals surface area contributed by atoms with Gasteiger partial charge in [0.15, 0.2) is 0 Å². The molecule has 2 N–H and O–H groups in total. The Morgan fingerprint density at radius 1 is 1.37 bits per heavy atom. The van der Waals surface area contributed by atoms with Gasteiger partial charge in [-0.3, -0.25) is 4.79 Å². The summed E-state index contributed by atoms with van der Waals surface area (Å²) in [7, 11) is 1.57.